The van der Waals surface area contributed by atoms with Crippen LogP contribution in [0.25, 0.3) is 21.3 Å². The number of rotatable bonds is 5. The van der Waals surface area contributed by atoms with Crippen molar-refractivity contribution in [1.82, 2.24) is 19.5 Å². The molecule has 0 aliphatic rings. The van der Waals surface area contributed by atoms with Crippen LogP contribution in [0, 0.1) is 13.8 Å². The summed E-state index contributed by atoms with van der Waals surface area (Å²) in [6, 6.07) is 18.5. The second-order valence-electron chi connectivity index (χ2n) is 7.73. The summed E-state index contributed by atoms with van der Waals surface area (Å²) in [7, 11) is 0. The number of benzene rings is 2. The number of aryl methyl sites for hydroxylation is 2. The van der Waals surface area contributed by atoms with E-state index in [2.05, 4.69) is 57.9 Å². The third-order valence-electron chi connectivity index (χ3n) is 5.45. The van der Waals surface area contributed by atoms with E-state index in [1.165, 1.54) is 11.1 Å². The summed E-state index contributed by atoms with van der Waals surface area (Å²) < 4.78 is 2.09. The number of fused-ring (bicyclic) bond motifs is 1. The van der Waals surface area contributed by atoms with Gasteiger partial charge < -0.3 is 9.55 Å². The quantitative estimate of drug-likeness (QED) is 0.425. The average Bonchev–Trinajstić information content (AvgIpc) is 3.33. The van der Waals surface area contributed by atoms with Crippen molar-refractivity contribution in [1.29, 1.82) is 0 Å². The largest absolute Gasteiger partial charge is 0.330 e. The molecule has 0 saturated heterocycles. The molecule has 0 saturated carbocycles. The first kappa shape index (κ1) is 19.5. The predicted octanol–water partition coefficient (Wildman–Crippen LogP) is 5.10. The Morgan fingerprint density at radius 1 is 1.03 bits per heavy atom. The molecule has 3 aromatic heterocycles. The fourth-order valence-corrected chi connectivity index (χ4v) is 4.96. The van der Waals surface area contributed by atoms with Gasteiger partial charge in [0.1, 0.15) is 16.5 Å². The molecule has 0 atom stereocenters. The second-order valence-corrected chi connectivity index (χ2v) is 8.93. The summed E-state index contributed by atoms with van der Waals surface area (Å²) in [4.78, 5) is 27.2. The SMILES string of the molecule is Cc1ccc(-c2c(C)sc3nc(Cc4nccn4Cc4ccccc4)[nH]c(=O)c23)cc1. The minimum Gasteiger partial charge on any atom is -0.330 e. The number of nitrogens with zero attached hydrogens (tertiary/aromatic N) is 3. The molecule has 5 aromatic rings. The molecule has 154 valence electrons. The van der Waals surface area contributed by atoms with E-state index < -0.39 is 0 Å². The molecule has 6 heteroatoms. The molecule has 0 unspecified atom stereocenters. The lowest BCUT2D eigenvalue weighted by Gasteiger charge is -2.08. The Morgan fingerprint density at radius 3 is 2.58 bits per heavy atom. The Labute approximate surface area is 184 Å². The fourth-order valence-electron chi connectivity index (χ4n) is 3.90. The highest BCUT2D eigenvalue weighted by molar-refractivity contribution is 7.19. The van der Waals surface area contributed by atoms with Gasteiger partial charge in [0.25, 0.3) is 5.56 Å². The molecule has 31 heavy (non-hydrogen) atoms. The zero-order chi connectivity index (χ0) is 21.4. The smallest absolute Gasteiger partial charge is 0.260 e. The van der Waals surface area contributed by atoms with E-state index in [0.717, 1.165) is 33.2 Å². The number of nitrogens with one attached hydrogen (secondary N) is 1. The maximum Gasteiger partial charge on any atom is 0.260 e. The maximum absolute atomic E-state index is 13.1. The molecule has 1 N–H and O–H groups in total. The Balaban J connectivity index is 1.50. The molecule has 0 spiro atoms. The van der Waals surface area contributed by atoms with Crippen molar-refractivity contribution in [3.8, 4) is 11.1 Å². The minimum atomic E-state index is -0.0962. The molecule has 0 fully saturated rings. The lowest BCUT2D eigenvalue weighted by atomic mass is 10.0. The highest BCUT2D eigenvalue weighted by Crippen LogP contribution is 2.35. The number of imidazole rings is 1. The van der Waals surface area contributed by atoms with E-state index in [1.54, 1.807) is 17.5 Å². The molecule has 5 rings (SSSR count). The first-order valence-corrected chi connectivity index (χ1v) is 11.0. The average molecular weight is 427 g/mol. The van der Waals surface area contributed by atoms with Gasteiger partial charge in [-0.25, -0.2) is 9.97 Å². The summed E-state index contributed by atoms with van der Waals surface area (Å²) in [5, 5.41) is 0.669. The Bertz CT molecular complexity index is 1410. The van der Waals surface area contributed by atoms with Crippen LogP contribution in [-0.2, 0) is 13.0 Å². The van der Waals surface area contributed by atoms with Gasteiger partial charge in [-0.15, -0.1) is 11.3 Å². The first-order chi connectivity index (χ1) is 15.1. The molecular weight excluding hydrogens is 404 g/mol. The molecular formula is C25H22N4OS. The van der Waals surface area contributed by atoms with E-state index in [-0.39, 0.29) is 5.56 Å². The number of hydrogen-bond donors (Lipinski definition) is 1. The lowest BCUT2D eigenvalue weighted by Crippen LogP contribution is -2.14. The molecule has 0 amide bonds. The van der Waals surface area contributed by atoms with Crippen LogP contribution in [0.15, 0.2) is 71.8 Å². The van der Waals surface area contributed by atoms with Crippen LogP contribution in [0.3, 0.4) is 0 Å². The van der Waals surface area contributed by atoms with Crippen molar-refractivity contribution in [2.45, 2.75) is 26.8 Å². The standard InChI is InChI=1S/C25H22N4OS/c1-16-8-10-19(11-9-16)22-17(2)31-25-23(22)24(30)27-20(28-25)14-21-26-12-13-29(21)15-18-6-4-3-5-7-18/h3-13H,14-15H2,1-2H3,(H,27,28,30). The topological polar surface area (TPSA) is 63.6 Å². The van der Waals surface area contributed by atoms with E-state index in [0.29, 0.717) is 17.6 Å². The Morgan fingerprint density at radius 2 is 1.81 bits per heavy atom. The summed E-state index contributed by atoms with van der Waals surface area (Å²) >= 11 is 1.57. The van der Waals surface area contributed by atoms with E-state index >= 15 is 0 Å². The van der Waals surface area contributed by atoms with Crippen molar-refractivity contribution in [3.63, 3.8) is 0 Å². The fraction of sp³-hybridized carbons (Fsp3) is 0.160. The summed E-state index contributed by atoms with van der Waals surface area (Å²) in [5.74, 6) is 1.51. The zero-order valence-electron chi connectivity index (χ0n) is 17.4. The number of thiophene rings is 1. The predicted molar refractivity (Wildman–Crippen MR) is 126 cm³/mol. The highest BCUT2D eigenvalue weighted by Gasteiger charge is 2.17. The van der Waals surface area contributed by atoms with Gasteiger partial charge in [0, 0.05) is 29.4 Å². The number of aromatic nitrogens is 4. The van der Waals surface area contributed by atoms with Crippen LogP contribution in [-0.4, -0.2) is 19.5 Å². The van der Waals surface area contributed by atoms with Gasteiger partial charge in [0.05, 0.1) is 11.8 Å². The Hall–Kier alpha value is -3.51. The van der Waals surface area contributed by atoms with Crippen LogP contribution in [0.5, 0.6) is 0 Å². The van der Waals surface area contributed by atoms with E-state index in [1.807, 2.05) is 31.3 Å². The van der Waals surface area contributed by atoms with Gasteiger partial charge in [0.2, 0.25) is 0 Å². The summed E-state index contributed by atoms with van der Waals surface area (Å²) in [6.07, 6.45) is 4.23. The number of aromatic amines is 1. The van der Waals surface area contributed by atoms with E-state index in [4.69, 9.17) is 4.98 Å². The van der Waals surface area contributed by atoms with Gasteiger partial charge in [0.15, 0.2) is 0 Å². The molecule has 0 radical (unpaired) electrons. The molecule has 2 aromatic carbocycles. The van der Waals surface area contributed by atoms with Crippen molar-refractivity contribution in [3.05, 3.63) is 105 Å². The molecule has 0 aliphatic carbocycles. The van der Waals surface area contributed by atoms with Crippen LogP contribution in [0.2, 0.25) is 0 Å². The van der Waals surface area contributed by atoms with Gasteiger partial charge in [-0.3, -0.25) is 4.79 Å². The number of H-pyrrole nitrogens is 1. The van der Waals surface area contributed by atoms with E-state index in [9.17, 15) is 4.79 Å². The monoisotopic (exact) mass is 426 g/mol. The summed E-state index contributed by atoms with van der Waals surface area (Å²) in [5.41, 5.74) is 4.33. The van der Waals surface area contributed by atoms with Gasteiger partial charge in [-0.2, -0.15) is 0 Å². The zero-order valence-corrected chi connectivity index (χ0v) is 18.2. The van der Waals surface area contributed by atoms with Crippen molar-refractivity contribution >= 4 is 21.6 Å². The van der Waals surface area contributed by atoms with Crippen molar-refractivity contribution < 1.29 is 0 Å². The second kappa shape index (κ2) is 7.96. The highest BCUT2D eigenvalue weighted by atomic mass is 32.1. The van der Waals surface area contributed by atoms with Crippen LogP contribution in [0.4, 0.5) is 0 Å². The normalized spacial score (nSPS) is 11.3. The van der Waals surface area contributed by atoms with Crippen LogP contribution in [0.1, 0.15) is 27.7 Å². The minimum absolute atomic E-state index is 0.0962. The third-order valence-corrected chi connectivity index (χ3v) is 6.45. The van der Waals surface area contributed by atoms with Crippen LogP contribution >= 0.6 is 11.3 Å². The lowest BCUT2D eigenvalue weighted by molar-refractivity contribution is 0.728. The summed E-state index contributed by atoms with van der Waals surface area (Å²) in [6.45, 7) is 4.84. The van der Waals surface area contributed by atoms with Gasteiger partial charge in [-0.1, -0.05) is 60.2 Å². The van der Waals surface area contributed by atoms with Gasteiger partial charge >= 0.3 is 0 Å². The number of hydrogen-bond acceptors (Lipinski definition) is 4. The molecule has 5 nitrogen and oxygen atoms in total. The third kappa shape index (κ3) is 3.82. The Kier molecular flexibility index (Phi) is 5.00. The first-order valence-electron chi connectivity index (χ1n) is 10.2. The molecule has 0 bridgehead atoms. The molecule has 3 heterocycles. The van der Waals surface area contributed by atoms with Crippen molar-refractivity contribution in [2.24, 2.45) is 0 Å². The maximum atomic E-state index is 13.1. The van der Waals surface area contributed by atoms with Gasteiger partial charge in [-0.05, 0) is 25.0 Å². The molecule has 0 aliphatic heterocycles. The van der Waals surface area contributed by atoms with Crippen molar-refractivity contribution in [2.75, 3.05) is 0 Å². The van der Waals surface area contributed by atoms with Crippen LogP contribution < -0.4 is 5.56 Å².